The zero-order chi connectivity index (χ0) is 20.8. The van der Waals surface area contributed by atoms with Gasteiger partial charge in [0.2, 0.25) is 23.5 Å². The van der Waals surface area contributed by atoms with Crippen LogP contribution >= 0.6 is 0 Å². The van der Waals surface area contributed by atoms with E-state index in [2.05, 4.69) is 25.7 Å². The van der Waals surface area contributed by atoms with Crippen molar-refractivity contribution >= 4 is 11.8 Å². The van der Waals surface area contributed by atoms with Crippen LogP contribution in [0.5, 0.6) is 0 Å². The lowest BCUT2D eigenvalue weighted by Crippen LogP contribution is -2.42. The Morgan fingerprint density at radius 3 is 2.72 bits per heavy atom. The molecule has 2 aromatic rings. The number of aryl methyl sites for hydroxylation is 2. The Morgan fingerprint density at radius 1 is 1.21 bits per heavy atom. The van der Waals surface area contributed by atoms with Gasteiger partial charge in [0.05, 0.1) is 0 Å². The molecule has 8 heteroatoms. The SMILES string of the molecule is CNC(=O)C[C@H]1CC[C@@H](CNC(=O)CCc2nc(-c3ccccc3C)no2)N1C. The van der Waals surface area contributed by atoms with Gasteiger partial charge in [-0.05, 0) is 32.4 Å². The lowest BCUT2D eigenvalue weighted by Gasteiger charge is -2.25. The number of amides is 2. The Balaban J connectivity index is 1.43. The zero-order valence-electron chi connectivity index (χ0n) is 17.3. The second kappa shape index (κ2) is 9.65. The van der Waals surface area contributed by atoms with E-state index in [4.69, 9.17) is 4.52 Å². The molecule has 1 aliphatic rings. The number of nitrogens with one attached hydrogen (secondary N) is 2. The molecule has 0 saturated carbocycles. The number of benzene rings is 1. The standard InChI is InChI=1S/C21H29N5O3/c1-14-6-4-5-7-17(14)21-24-20(29-25-21)11-10-18(27)23-13-16-9-8-15(26(16)3)12-19(28)22-2/h4-7,15-16H,8-13H2,1-3H3,(H,22,28)(H,23,27)/t15-,16+/m1/s1. The van der Waals surface area contributed by atoms with Crippen molar-refractivity contribution in [2.24, 2.45) is 0 Å². The first-order valence-corrected chi connectivity index (χ1v) is 10.1. The molecule has 29 heavy (non-hydrogen) atoms. The lowest BCUT2D eigenvalue weighted by molar-refractivity contribution is -0.122. The van der Waals surface area contributed by atoms with Crippen molar-refractivity contribution in [2.75, 3.05) is 20.6 Å². The molecule has 3 rings (SSSR count). The van der Waals surface area contributed by atoms with Crippen molar-refractivity contribution in [1.29, 1.82) is 0 Å². The van der Waals surface area contributed by atoms with Gasteiger partial charge in [-0.25, -0.2) is 0 Å². The van der Waals surface area contributed by atoms with E-state index in [-0.39, 0.29) is 23.9 Å². The van der Waals surface area contributed by atoms with Gasteiger partial charge in [-0.1, -0.05) is 29.4 Å². The minimum absolute atomic E-state index is 0.0382. The van der Waals surface area contributed by atoms with Crippen molar-refractivity contribution in [2.45, 2.75) is 51.1 Å². The van der Waals surface area contributed by atoms with Crippen LogP contribution in [0.4, 0.5) is 0 Å². The predicted molar refractivity (Wildman–Crippen MR) is 109 cm³/mol. The molecule has 2 atom stereocenters. The summed E-state index contributed by atoms with van der Waals surface area (Å²) in [6.07, 6.45) is 3.14. The number of aromatic nitrogens is 2. The first-order chi connectivity index (χ1) is 14.0. The van der Waals surface area contributed by atoms with Crippen molar-refractivity contribution in [3.8, 4) is 11.4 Å². The summed E-state index contributed by atoms with van der Waals surface area (Å²) >= 11 is 0. The van der Waals surface area contributed by atoms with Gasteiger partial charge in [0.25, 0.3) is 0 Å². The van der Waals surface area contributed by atoms with E-state index in [0.717, 1.165) is 24.0 Å². The maximum atomic E-state index is 12.2. The average molecular weight is 399 g/mol. The fourth-order valence-corrected chi connectivity index (χ4v) is 3.73. The number of likely N-dealkylation sites (tertiary alicyclic amines) is 1. The first-order valence-electron chi connectivity index (χ1n) is 10.1. The topological polar surface area (TPSA) is 100 Å². The van der Waals surface area contributed by atoms with Crippen molar-refractivity contribution in [3.63, 3.8) is 0 Å². The maximum absolute atomic E-state index is 12.2. The lowest BCUT2D eigenvalue weighted by atomic mass is 10.1. The minimum atomic E-state index is -0.0382. The molecule has 0 bridgehead atoms. The summed E-state index contributed by atoms with van der Waals surface area (Å²) in [5.41, 5.74) is 2.01. The molecule has 1 aromatic heterocycles. The van der Waals surface area contributed by atoms with Crippen LogP contribution in [-0.2, 0) is 16.0 Å². The second-order valence-corrected chi connectivity index (χ2v) is 7.56. The number of carbonyl (C=O) groups excluding carboxylic acids is 2. The van der Waals surface area contributed by atoms with Gasteiger partial charge < -0.3 is 15.2 Å². The van der Waals surface area contributed by atoms with Gasteiger partial charge in [0.1, 0.15) is 0 Å². The molecule has 0 radical (unpaired) electrons. The van der Waals surface area contributed by atoms with Crippen LogP contribution in [0.15, 0.2) is 28.8 Å². The van der Waals surface area contributed by atoms with E-state index >= 15 is 0 Å². The van der Waals surface area contributed by atoms with Crippen LogP contribution in [0.3, 0.4) is 0 Å². The molecule has 1 fully saturated rings. The third kappa shape index (κ3) is 5.41. The largest absolute Gasteiger partial charge is 0.359 e. The summed E-state index contributed by atoms with van der Waals surface area (Å²) in [7, 11) is 3.67. The van der Waals surface area contributed by atoms with Crippen molar-refractivity contribution in [1.82, 2.24) is 25.7 Å². The average Bonchev–Trinajstić information content (AvgIpc) is 3.32. The van der Waals surface area contributed by atoms with Gasteiger partial charge in [-0.2, -0.15) is 4.98 Å². The molecule has 8 nitrogen and oxygen atoms in total. The maximum Gasteiger partial charge on any atom is 0.227 e. The molecule has 2 heterocycles. The molecule has 2 amide bonds. The number of rotatable bonds is 8. The Labute approximate surface area is 171 Å². The normalized spacial score (nSPS) is 19.3. The summed E-state index contributed by atoms with van der Waals surface area (Å²) in [4.78, 5) is 30.4. The number of hydrogen-bond donors (Lipinski definition) is 2. The highest BCUT2D eigenvalue weighted by atomic mass is 16.5. The highest BCUT2D eigenvalue weighted by Gasteiger charge is 2.31. The van der Waals surface area contributed by atoms with Crippen LogP contribution in [-0.4, -0.2) is 59.6 Å². The molecule has 0 unspecified atom stereocenters. The highest BCUT2D eigenvalue weighted by molar-refractivity contribution is 5.76. The molecular weight excluding hydrogens is 370 g/mol. The fourth-order valence-electron chi connectivity index (χ4n) is 3.73. The predicted octanol–water partition coefficient (Wildman–Crippen LogP) is 1.69. The summed E-state index contributed by atoms with van der Waals surface area (Å²) in [6, 6.07) is 8.34. The van der Waals surface area contributed by atoms with Crippen LogP contribution in [0.2, 0.25) is 0 Å². The summed E-state index contributed by atoms with van der Waals surface area (Å²) < 4.78 is 5.29. The van der Waals surface area contributed by atoms with E-state index in [1.165, 1.54) is 0 Å². The molecule has 156 valence electrons. The quantitative estimate of drug-likeness (QED) is 0.701. The van der Waals surface area contributed by atoms with Crippen LogP contribution < -0.4 is 10.6 Å². The van der Waals surface area contributed by atoms with Gasteiger partial charge in [-0.15, -0.1) is 0 Å². The zero-order valence-corrected chi connectivity index (χ0v) is 17.3. The number of carbonyl (C=O) groups is 2. The van der Waals surface area contributed by atoms with Crippen molar-refractivity contribution in [3.05, 3.63) is 35.7 Å². The Kier molecular flexibility index (Phi) is 6.98. The monoisotopic (exact) mass is 399 g/mol. The Hall–Kier alpha value is -2.74. The molecule has 1 aliphatic heterocycles. The Morgan fingerprint density at radius 2 is 1.97 bits per heavy atom. The molecule has 1 aromatic carbocycles. The van der Waals surface area contributed by atoms with E-state index in [0.29, 0.717) is 37.5 Å². The fraction of sp³-hybridized carbons (Fsp3) is 0.524. The first kappa shape index (κ1) is 21.0. The summed E-state index contributed by atoms with van der Waals surface area (Å²) in [6.45, 7) is 2.58. The summed E-state index contributed by atoms with van der Waals surface area (Å²) in [5, 5.41) is 9.69. The number of likely N-dealkylation sites (N-methyl/N-ethyl adjacent to an activating group) is 1. The van der Waals surface area contributed by atoms with E-state index in [1.54, 1.807) is 7.05 Å². The molecule has 1 saturated heterocycles. The number of hydrogen-bond acceptors (Lipinski definition) is 6. The van der Waals surface area contributed by atoms with Crippen LogP contribution in [0, 0.1) is 6.92 Å². The van der Waals surface area contributed by atoms with E-state index in [1.807, 2.05) is 38.2 Å². The Bertz CT molecular complexity index is 850. The second-order valence-electron chi connectivity index (χ2n) is 7.56. The van der Waals surface area contributed by atoms with Crippen molar-refractivity contribution < 1.29 is 14.1 Å². The van der Waals surface area contributed by atoms with E-state index < -0.39 is 0 Å². The molecule has 0 spiro atoms. The third-order valence-corrected chi connectivity index (χ3v) is 5.64. The van der Waals surface area contributed by atoms with E-state index in [9.17, 15) is 9.59 Å². The van der Waals surface area contributed by atoms with Gasteiger partial charge in [0.15, 0.2) is 0 Å². The van der Waals surface area contributed by atoms with Gasteiger partial charge >= 0.3 is 0 Å². The molecular formula is C21H29N5O3. The molecule has 2 N–H and O–H groups in total. The van der Waals surface area contributed by atoms with Gasteiger partial charge in [0, 0.05) is 50.5 Å². The minimum Gasteiger partial charge on any atom is -0.359 e. The highest BCUT2D eigenvalue weighted by Crippen LogP contribution is 2.24. The third-order valence-electron chi connectivity index (χ3n) is 5.64. The van der Waals surface area contributed by atoms with Gasteiger partial charge in [-0.3, -0.25) is 14.5 Å². The number of nitrogens with zero attached hydrogens (tertiary/aromatic N) is 3. The smallest absolute Gasteiger partial charge is 0.227 e. The molecule has 0 aliphatic carbocycles. The van der Waals surface area contributed by atoms with Crippen LogP contribution in [0.1, 0.15) is 37.1 Å². The van der Waals surface area contributed by atoms with Crippen LogP contribution in [0.25, 0.3) is 11.4 Å². The summed E-state index contributed by atoms with van der Waals surface area (Å²) in [5.74, 6) is 1.02.